The first-order valence-electron chi connectivity index (χ1n) is 3.81. The molecule has 0 aliphatic heterocycles. The van der Waals surface area contributed by atoms with Gasteiger partial charge in [0, 0.05) is 13.2 Å². The average Bonchev–Trinajstić information content (AvgIpc) is 2.16. The number of benzene rings is 1. The zero-order chi connectivity index (χ0) is 9.68. The normalized spacial score (nSPS) is 10.7. The maximum absolute atomic E-state index is 12.5. The molecule has 0 saturated heterocycles. The summed E-state index contributed by atoms with van der Waals surface area (Å²) in [5.41, 5.74) is 1.20. The molecule has 0 bridgehead atoms. The van der Waals surface area contributed by atoms with Crippen LogP contribution < -0.4 is 5.32 Å². The van der Waals surface area contributed by atoms with Crippen molar-refractivity contribution >= 4 is 5.57 Å². The molecular weight excluding hydrogens is 167 g/mol. The second-order valence-electron chi connectivity index (χ2n) is 2.47. The van der Waals surface area contributed by atoms with E-state index in [1.807, 2.05) is 6.07 Å². The van der Waals surface area contributed by atoms with Crippen LogP contribution in [0.15, 0.2) is 30.5 Å². The SMILES string of the molecule is CN/C=C(\C#N)c1ccc(F)cc1. The molecule has 1 aromatic carbocycles. The Morgan fingerprint density at radius 2 is 2.08 bits per heavy atom. The van der Waals surface area contributed by atoms with Crippen LogP contribution in [-0.2, 0) is 0 Å². The number of halogens is 1. The predicted molar refractivity (Wildman–Crippen MR) is 49.0 cm³/mol. The number of hydrogen-bond donors (Lipinski definition) is 1. The van der Waals surface area contributed by atoms with Crippen LogP contribution in [0, 0.1) is 17.1 Å². The van der Waals surface area contributed by atoms with Gasteiger partial charge in [0.1, 0.15) is 11.9 Å². The molecule has 3 heteroatoms. The summed E-state index contributed by atoms with van der Waals surface area (Å²) in [6, 6.07) is 7.82. The van der Waals surface area contributed by atoms with E-state index in [0.29, 0.717) is 11.1 Å². The van der Waals surface area contributed by atoms with Gasteiger partial charge in [-0.15, -0.1) is 0 Å². The van der Waals surface area contributed by atoms with Gasteiger partial charge in [0.05, 0.1) is 5.57 Å². The Bertz CT molecular complexity index is 346. The van der Waals surface area contributed by atoms with E-state index in [-0.39, 0.29) is 5.82 Å². The fourth-order valence-corrected chi connectivity index (χ4v) is 0.954. The van der Waals surface area contributed by atoms with E-state index in [1.165, 1.54) is 12.1 Å². The van der Waals surface area contributed by atoms with Crippen molar-refractivity contribution in [1.82, 2.24) is 5.32 Å². The number of nitriles is 1. The molecule has 0 saturated carbocycles. The van der Waals surface area contributed by atoms with Crippen molar-refractivity contribution in [2.75, 3.05) is 7.05 Å². The summed E-state index contributed by atoms with van der Waals surface area (Å²) in [5.74, 6) is -0.300. The molecule has 0 aliphatic carbocycles. The third-order valence-electron chi connectivity index (χ3n) is 1.56. The molecule has 0 fully saturated rings. The highest BCUT2D eigenvalue weighted by molar-refractivity contribution is 5.76. The third-order valence-corrected chi connectivity index (χ3v) is 1.56. The van der Waals surface area contributed by atoms with Crippen LogP contribution in [0.4, 0.5) is 4.39 Å². The van der Waals surface area contributed by atoms with Gasteiger partial charge in [0.15, 0.2) is 0 Å². The van der Waals surface area contributed by atoms with E-state index >= 15 is 0 Å². The van der Waals surface area contributed by atoms with Gasteiger partial charge in [0.25, 0.3) is 0 Å². The summed E-state index contributed by atoms with van der Waals surface area (Å²) in [5, 5.41) is 11.5. The molecule has 0 unspecified atom stereocenters. The van der Waals surface area contributed by atoms with Crippen molar-refractivity contribution in [1.29, 1.82) is 5.26 Å². The quantitative estimate of drug-likeness (QED) is 0.698. The van der Waals surface area contributed by atoms with Gasteiger partial charge in [-0.05, 0) is 17.7 Å². The molecule has 66 valence electrons. The number of rotatable bonds is 2. The third kappa shape index (κ3) is 2.31. The molecule has 1 rings (SSSR count). The number of allylic oxidation sites excluding steroid dienone is 1. The smallest absolute Gasteiger partial charge is 0.123 e. The highest BCUT2D eigenvalue weighted by Crippen LogP contribution is 2.12. The molecule has 2 nitrogen and oxygen atoms in total. The summed E-state index contributed by atoms with van der Waals surface area (Å²) in [6.07, 6.45) is 1.58. The van der Waals surface area contributed by atoms with E-state index in [9.17, 15) is 4.39 Å². The number of hydrogen-bond acceptors (Lipinski definition) is 2. The van der Waals surface area contributed by atoms with Crippen LogP contribution in [0.5, 0.6) is 0 Å². The zero-order valence-electron chi connectivity index (χ0n) is 7.21. The summed E-state index contributed by atoms with van der Waals surface area (Å²) in [4.78, 5) is 0. The Hall–Kier alpha value is -1.82. The van der Waals surface area contributed by atoms with Crippen LogP contribution in [0.2, 0.25) is 0 Å². The first-order chi connectivity index (χ1) is 6.27. The van der Waals surface area contributed by atoms with Crippen LogP contribution in [0.1, 0.15) is 5.56 Å². The van der Waals surface area contributed by atoms with E-state index < -0.39 is 0 Å². The molecule has 0 aromatic heterocycles. The molecule has 0 atom stereocenters. The largest absolute Gasteiger partial charge is 0.393 e. The van der Waals surface area contributed by atoms with Crippen molar-refractivity contribution in [2.45, 2.75) is 0 Å². The van der Waals surface area contributed by atoms with Crippen molar-refractivity contribution in [3.05, 3.63) is 41.8 Å². The Balaban J connectivity index is 3.01. The van der Waals surface area contributed by atoms with Gasteiger partial charge in [-0.25, -0.2) is 4.39 Å². The molecule has 0 heterocycles. The first kappa shape index (κ1) is 9.27. The summed E-state index contributed by atoms with van der Waals surface area (Å²) >= 11 is 0. The lowest BCUT2D eigenvalue weighted by Crippen LogP contribution is -1.95. The Labute approximate surface area is 76.3 Å². The Morgan fingerprint density at radius 1 is 1.46 bits per heavy atom. The molecule has 0 aliphatic rings. The van der Waals surface area contributed by atoms with Gasteiger partial charge in [-0.3, -0.25) is 0 Å². The van der Waals surface area contributed by atoms with Crippen LogP contribution in [0.3, 0.4) is 0 Å². The Kier molecular flexibility index (Phi) is 3.04. The summed E-state index contributed by atoms with van der Waals surface area (Å²) in [7, 11) is 1.71. The summed E-state index contributed by atoms with van der Waals surface area (Å²) in [6.45, 7) is 0. The highest BCUT2D eigenvalue weighted by Gasteiger charge is 1.99. The van der Waals surface area contributed by atoms with Crippen molar-refractivity contribution in [2.24, 2.45) is 0 Å². The van der Waals surface area contributed by atoms with Crippen molar-refractivity contribution in [3.8, 4) is 6.07 Å². The number of nitrogens with zero attached hydrogens (tertiary/aromatic N) is 1. The highest BCUT2D eigenvalue weighted by atomic mass is 19.1. The van der Waals surface area contributed by atoms with Gasteiger partial charge < -0.3 is 5.32 Å². The maximum Gasteiger partial charge on any atom is 0.123 e. The average molecular weight is 176 g/mol. The van der Waals surface area contributed by atoms with Gasteiger partial charge in [-0.2, -0.15) is 5.26 Å². The van der Waals surface area contributed by atoms with E-state index in [1.54, 1.807) is 25.4 Å². The van der Waals surface area contributed by atoms with Crippen LogP contribution >= 0.6 is 0 Å². The lowest BCUT2D eigenvalue weighted by molar-refractivity contribution is 0.627. The fourth-order valence-electron chi connectivity index (χ4n) is 0.954. The second kappa shape index (κ2) is 4.27. The lowest BCUT2D eigenvalue weighted by Gasteiger charge is -1.97. The lowest BCUT2D eigenvalue weighted by atomic mass is 10.1. The molecular formula is C10H9FN2. The van der Waals surface area contributed by atoms with Crippen LogP contribution in [-0.4, -0.2) is 7.05 Å². The monoisotopic (exact) mass is 176 g/mol. The van der Waals surface area contributed by atoms with E-state index in [4.69, 9.17) is 5.26 Å². The molecule has 0 spiro atoms. The second-order valence-corrected chi connectivity index (χ2v) is 2.47. The summed E-state index contributed by atoms with van der Waals surface area (Å²) < 4.78 is 12.5. The minimum Gasteiger partial charge on any atom is -0.393 e. The van der Waals surface area contributed by atoms with Crippen molar-refractivity contribution < 1.29 is 4.39 Å². The van der Waals surface area contributed by atoms with Crippen LogP contribution in [0.25, 0.3) is 5.57 Å². The predicted octanol–water partition coefficient (Wildman–Crippen LogP) is 1.91. The zero-order valence-corrected chi connectivity index (χ0v) is 7.21. The van der Waals surface area contributed by atoms with E-state index in [0.717, 1.165) is 0 Å². The van der Waals surface area contributed by atoms with Gasteiger partial charge in [0.2, 0.25) is 0 Å². The molecule has 1 N–H and O–H groups in total. The molecule has 0 amide bonds. The molecule has 0 radical (unpaired) electrons. The van der Waals surface area contributed by atoms with E-state index in [2.05, 4.69) is 5.32 Å². The van der Waals surface area contributed by atoms with Gasteiger partial charge in [-0.1, -0.05) is 12.1 Å². The first-order valence-corrected chi connectivity index (χ1v) is 3.81. The topological polar surface area (TPSA) is 35.8 Å². The van der Waals surface area contributed by atoms with Crippen molar-refractivity contribution in [3.63, 3.8) is 0 Å². The minimum atomic E-state index is -0.300. The minimum absolute atomic E-state index is 0.300. The van der Waals surface area contributed by atoms with Gasteiger partial charge >= 0.3 is 0 Å². The standard InChI is InChI=1S/C10H9FN2/c1-13-7-9(6-12)8-2-4-10(11)5-3-8/h2-5,7,13H,1H3/b9-7+. The fraction of sp³-hybridized carbons (Fsp3) is 0.100. The Morgan fingerprint density at radius 3 is 2.54 bits per heavy atom. The molecule has 13 heavy (non-hydrogen) atoms. The maximum atomic E-state index is 12.5. The number of nitrogens with one attached hydrogen (secondary N) is 1. The molecule has 1 aromatic rings.